The van der Waals surface area contributed by atoms with Crippen molar-refractivity contribution >= 4 is 17.8 Å². The van der Waals surface area contributed by atoms with E-state index in [-0.39, 0.29) is 0 Å². The smallest absolute Gasteiger partial charge is 0.0528 e. The van der Waals surface area contributed by atoms with Crippen LogP contribution in [0.5, 0.6) is 0 Å². The van der Waals surface area contributed by atoms with Gasteiger partial charge in [0.05, 0.1) is 5.69 Å². The van der Waals surface area contributed by atoms with Crippen LogP contribution in [0.15, 0.2) is 48.2 Å². The van der Waals surface area contributed by atoms with Crippen LogP contribution in [0.2, 0.25) is 0 Å². The Bertz CT molecular complexity index is 724. The molecule has 2 nitrogen and oxygen atoms in total. The Morgan fingerprint density at radius 1 is 0.952 bits per heavy atom. The first kappa shape index (κ1) is 12.7. The van der Waals surface area contributed by atoms with Gasteiger partial charge in [-0.2, -0.15) is 0 Å². The number of nitrogens with zero attached hydrogens (tertiary/aromatic N) is 2. The molecule has 3 heterocycles. The van der Waals surface area contributed by atoms with E-state index >= 15 is 0 Å². The summed E-state index contributed by atoms with van der Waals surface area (Å²) in [7, 11) is 2.22. The van der Waals surface area contributed by atoms with Crippen molar-refractivity contribution in [3.8, 4) is 0 Å². The van der Waals surface area contributed by atoms with E-state index in [1.165, 1.54) is 35.2 Å². The van der Waals surface area contributed by atoms with Crippen molar-refractivity contribution in [1.82, 2.24) is 9.47 Å². The van der Waals surface area contributed by atoms with Crippen LogP contribution in [-0.2, 0) is 0 Å². The Hall–Kier alpha value is -2.06. The minimum Gasteiger partial charge on any atom is -0.323 e. The number of aromatic nitrogens is 1. The van der Waals surface area contributed by atoms with Gasteiger partial charge in [0.15, 0.2) is 0 Å². The molecule has 106 valence electrons. The lowest BCUT2D eigenvalue weighted by molar-refractivity contribution is 0.313. The number of hydrogen-bond donors (Lipinski definition) is 0. The molecule has 0 N–H and O–H groups in total. The molecule has 4 rings (SSSR count). The second kappa shape index (κ2) is 5.05. The van der Waals surface area contributed by atoms with Crippen molar-refractivity contribution in [3.63, 3.8) is 0 Å². The van der Waals surface area contributed by atoms with Crippen LogP contribution < -0.4 is 0 Å². The summed E-state index contributed by atoms with van der Waals surface area (Å²) in [4.78, 5) is 2.42. The summed E-state index contributed by atoms with van der Waals surface area (Å²) in [5.74, 6) is 0. The maximum atomic E-state index is 2.42. The average molecular weight is 276 g/mol. The van der Waals surface area contributed by atoms with Crippen molar-refractivity contribution in [3.05, 3.63) is 65.0 Å². The Kier molecular flexibility index (Phi) is 3.04. The molecule has 2 aliphatic rings. The predicted octanol–water partition coefficient (Wildman–Crippen LogP) is 3.96. The third-order valence-corrected chi connectivity index (χ3v) is 4.62. The largest absolute Gasteiger partial charge is 0.323 e. The summed E-state index contributed by atoms with van der Waals surface area (Å²) >= 11 is 0. The van der Waals surface area contributed by atoms with Crippen LogP contribution in [0.1, 0.15) is 29.7 Å². The van der Waals surface area contributed by atoms with Gasteiger partial charge >= 0.3 is 0 Å². The second-order valence-corrected chi connectivity index (χ2v) is 5.99. The number of likely N-dealkylation sites (tertiary alicyclic amines) is 1. The fraction of sp³-hybridized carbons (Fsp3) is 0.263. The maximum absolute atomic E-state index is 2.42. The summed E-state index contributed by atoms with van der Waals surface area (Å²) in [6, 6.07) is 13.1. The van der Waals surface area contributed by atoms with Gasteiger partial charge in [-0.15, -0.1) is 0 Å². The molecular formula is C19H20N2. The van der Waals surface area contributed by atoms with E-state index in [4.69, 9.17) is 0 Å². The van der Waals surface area contributed by atoms with Gasteiger partial charge < -0.3 is 9.47 Å². The zero-order valence-corrected chi connectivity index (χ0v) is 12.4. The summed E-state index contributed by atoms with van der Waals surface area (Å²) in [6.45, 7) is 2.32. The highest BCUT2D eigenvalue weighted by molar-refractivity contribution is 5.89. The van der Waals surface area contributed by atoms with Crippen LogP contribution in [-0.4, -0.2) is 29.6 Å². The van der Waals surface area contributed by atoms with Crippen molar-refractivity contribution in [1.29, 1.82) is 0 Å². The van der Waals surface area contributed by atoms with Crippen molar-refractivity contribution in [2.75, 3.05) is 20.1 Å². The Morgan fingerprint density at radius 2 is 1.76 bits per heavy atom. The minimum absolute atomic E-state index is 1.16. The molecule has 2 aliphatic heterocycles. The van der Waals surface area contributed by atoms with E-state index in [2.05, 4.69) is 71.4 Å². The fourth-order valence-corrected chi connectivity index (χ4v) is 3.41. The van der Waals surface area contributed by atoms with Gasteiger partial charge in [-0.1, -0.05) is 29.8 Å². The van der Waals surface area contributed by atoms with Crippen LogP contribution in [0, 0.1) is 0 Å². The van der Waals surface area contributed by atoms with E-state index in [1.807, 2.05) is 0 Å². The molecule has 0 bridgehead atoms. The average Bonchev–Trinajstić information content (AvgIpc) is 2.91. The molecule has 0 saturated carbocycles. The van der Waals surface area contributed by atoms with Gasteiger partial charge in [0, 0.05) is 31.1 Å². The molecule has 0 atom stereocenters. The zero-order valence-electron chi connectivity index (χ0n) is 12.4. The number of rotatable bonds is 0. The monoisotopic (exact) mass is 276 g/mol. The third kappa shape index (κ3) is 2.16. The molecule has 21 heavy (non-hydrogen) atoms. The highest BCUT2D eigenvalue weighted by Gasteiger charge is 2.21. The molecule has 0 spiro atoms. The fourth-order valence-electron chi connectivity index (χ4n) is 3.41. The van der Waals surface area contributed by atoms with Crippen molar-refractivity contribution in [2.45, 2.75) is 12.8 Å². The van der Waals surface area contributed by atoms with Gasteiger partial charge in [-0.3, -0.25) is 0 Å². The Morgan fingerprint density at radius 3 is 2.62 bits per heavy atom. The van der Waals surface area contributed by atoms with E-state index < -0.39 is 0 Å². The normalized spacial score (nSPS) is 18.3. The van der Waals surface area contributed by atoms with Crippen LogP contribution >= 0.6 is 0 Å². The number of benzene rings is 1. The molecule has 1 saturated heterocycles. The maximum Gasteiger partial charge on any atom is 0.0528 e. The van der Waals surface area contributed by atoms with Gasteiger partial charge in [-0.25, -0.2) is 0 Å². The van der Waals surface area contributed by atoms with Gasteiger partial charge in [0.1, 0.15) is 0 Å². The minimum atomic E-state index is 1.16. The van der Waals surface area contributed by atoms with Gasteiger partial charge in [0.2, 0.25) is 0 Å². The second-order valence-electron chi connectivity index (χ2n) is 5.99. The zero-order chi connectivity index (χ0) is 14.2. The summed E-state index contributed by atoms with van der Waals surface area (Å²) in [5.41, 5.74) is 7.09. The number of hydrogen-bond acceptors (Lipinski definition) is 1. The first-order valence-corrected chi connectivity index (χ1v) is 7.68. The van der Waals surface area contributed by atoms with E-state index in [0.29, 0.717) is 0 Å². The first-order chi connectivity index (χ1) is 10.3. The molecule has 1 aromatic heterocycles. The molecule has 0 aliphatic carbocycles. The quantitative estimate of drug-likeness (QED) is 0.603. The lowest BCUT2D eigenvalue weighted by Gasteiger charge is -2.27. The molecular weight excluding hydrogens is 256 g/mol. The van der Waals surface area contributed by atoms with Crippen molar-refractivity contribution in [2.24, 2.45) is 0 Å². The van der Waals surface area contributed by atoms with Gasteiger partial charge in [-0.05, 0) is 49.2 Å². The van der Waals surface area contributed by atoms with Gasteiger partial charge in [0.25, 0.3) is 0 Å². The number of piperidine rings is 1. The van der Waals surface area contributed by atoms with Crippen LogP contribution in [0.4, 0.5) is 0 Å². The summed E-state index contributed by atoms with van der Waals surface area (Å²) < 4.78 is 2.25. The highest BCUT2D eigenvalue weighted by Crippen LogP contribution is 2.36. The topological polar surface area (TPSA) is 8.17 Å². The molecule has 0 amide bonds. The van der Waals surface area contributed by atoms with Crippen LogP contribution in [0.3, 0.4) is 0 Å². The Labute approximate surface area is 126 Å². The van der Waals surface area contributed by atoms with Crippen LogP contribution in [0.25, 0.3) is 17.8 Å². The number of fused-ring (bicyclic) bond motifs is 2. The predicted molar refractivity (Wildman–Crippen MR) is 88.9 cm³/mol. The standard InChI is InChI=1S/C19H20N2/c1-20-12-8-16(9-13-20)19-17-6-3-2-5-15(17)10-14-21-11-4-7-18(19)21/h2-7,10-11,14H,8-9,12-13H2,1H3. The van der Waals surface area contributed by atoms with Crippen molar-refractivity contribution < 1.29 is 0 Å². The molecule has 2 heteroatoms. The molecule has 1 aromatic carbocycles. The van der Waals surface area contributed by atoms with E-state index in [0.717, 1.165) is 13.1 Å². The summed E-state index contributed by atoms with van der Waals surface area (Å²) in [5, 5.41) is 0. The molecule has 0 radical (unpaired) electrons. The first-order valence-electron chi connectivity index (χ1n) is 7.68. The SMILES string of the molecule is CN1CCC(=C2c3ccccc3C=Cn3cccc32)CC1. The van der Waals surface area contributed by atoms with E-state index in [9.17, 15) is 0 Å². The lowest BCUT2D eigenvalue weighted by Crippen LogP contribution is -2.27. The van der Waals surface area contributed by atoms with E-state index in [1.54, 1.807) is 5.57 Å². The summed E-state index contributed by atoms with van der Waals surface area (Å²) in [6.07, 6.45) is 8.89. The third-order valence-electron chi connectivity index (χ3n) is 4.62. The molecule has 0 unspecified atom stereocenters. The highest BCUT2D eigenvalue weighted by atomic mass is 15.1. The molecule has 1 fully saturated rings. The Balaban J connectivity index is 1.94. The lowest BCUT2D eigenvalue weighted by atomic mass is 9.89. The molecule has 2 aromatic rings.